The molecule has 3 aromatic rings. The number of hydrogen-bond donors (Lipinski definition) is 1. The van der Waals surface area contributed by atoms with Crippen molar-refractivity contribution in [1.82, 2.24) is 19.8 Å². The Morgan fingerprint density at radius 2 is 1.79 bits per heavy atom. The number of amides is 1. The molecule has 1 aromatic heterocycles. The molecule has 34 heavy (non-hydrogen) atoms. The molecular formula is C27H32F2N4O. The van der Waals surface area contributed by atoms with E-state index in [1.807, 2.05) is 0 Å². The topological polar surface area (TPSA) is 50.2 Å². The second-order valence-electron chi connectivity index (χ2n) is 10.3. The largest absolute Gasteiger partial charge is 0.337 e. The third-order valence-corrected chi connectivity index (χ3v) is 6.13. The second-order valence-corrected chi connectivity index (χ2v) is 10.3. The van der Waals surface area contributed by atoms with E-state index in [0.717, 1.165) is 18.2 Å². The molecule has 0 bridgehead atoms. The fraction of sp³-hybridized carbons (Fsp3) is 0.407. The fourth-order valence-corrected chi connectivity index (χ4v) is 4.40. The van der Waals surface area contributed by atoms with E-state index in [0.29, 0.717) is 26.1 Å². The third kappa shape index (κ3) is 5.89. The van der Waals surface area contributed by atoms with Gasteiger partial charge < -0.3 is 14.8 Å². The molecule has 1 aliphatic heterocycles. The lowest BCUT2D eigenvalue weighted by atomic mass is 9.88. The second kappa shape index (κ2) is 10.1. The maximum Gasteiger partial charge on any atom is 0.240 e. The summed E-state index contributed by atoms with van der Waals surface area (Å²) in [5.41, 5.74) is 3.95. The van der Waals surface area contributed by atoms with Crippen molar-refractivity contribution in [2.75, 3.05) is 6.54 Å². The average Bonchev–Trinajstić information content (AvgIpc) is 3.36. The van der Waals surface area contributed by atoms with Crippen LogP contribution in [0.5, 0.6) is 0 Å². The van der Waals surface area contributed by atoms with Crippen molar-refractivity contribution in [2.45, 2.75) is 59.3 Å². The van der Waals surface area contributed by atoms with Crippen LogP contribution in [0.1, 0.15) is 49.6 Å². The molecule has 4 rings (SSSR count). The summed E-state index contributed by atoms with van der Waals surface area (Å²) in [6.07, 6.45) is 5.26. The van der Waals surface area contributed by atoms with Gasteiger partial charge in [-0.05, 0) is 35.4 Å². The van der Waals surface area contributed by atoms with Gasteiger partial charge >= 0.3 is 0 Å². The Balaban J connectivity index is 1.32. The number of rotatable bonds is 8. The highest BCUT2D eigenvalue weighted by atomic mass is 19.2. The summed E-state index contributed by atoms with van der Waals surface area (Å²) >= 11 is 0. The molecule has 1 unspecified atom stereocenters. The molecule has 0 spiro atoms. The van der Waals surface area contributed by atoms with E-state index in [-0.39, 0.29) is 29.5 Å². The predicted molar refractivity (Wildman–Crippen MR) is 128 cm³/mol. The quantitative estimate of drug-likeness (QED) is 0.524. The van der Waals surface area contributed by atoms with E-state index in [4.69, 9.17) is 0 Å². The molecule has 1 atom stereocenters. The molecule has 7 heteroatoms. The van der Waals surface area contributed by atoms with Gasteiger partial charge in [-0.3, -0.25) is 4.79 Å². The van der Waals surface area contributed by atoms with Crippen LogP contribution < -0.4 is 5.32 Å². The first-order valence-corrected chi connectivity index (χ1v) is 11.7. The zero-order valence-corrected chi connectivity index (χ0v) is 20.0. The molecule has 5 nitrogen and oxygen atoms in total. The molecule has 1 amide bonds. The molecule has 2 aromatic carbocycles. The molecule has 1 fully saturated rings. The minimum Gasteiger partial charge on any atom is -0.337 e. The van der Waals surface area contributed by atoms with Crippen molar-refractivity contribution in [3.63, 3.8) is 0 Å². The summed E-state index contributed by atoms with van der Waals surface area (Å²) < 4.78 is 29.6. The Bertz CT molecular complexity index is 1130. The molecule has 0 aliphatic carbocycles. The first-order valence-electron chi connectivity index (χ1n) is 11.7. The highest BCUT2D eigenvalue weighted by molar-refractivity contribution is 5.83. The Morgan fingerprint density at radius 3 is 2.53 bits per heavy atom. The molecule has 2 heterocycles. The maximum absolute atomic E-state index is 14.0. The summed E-state index contributed by atoms with van der Waals surface area (Å²) in [6, 6.07) is 12.4. The molecule has 180 valence electrons. The number of nitrogens with one attached hydrogen (secondary N) is 1. The van der Waals surface area contributed by atoms with E-state index in [1.54, 1.807) is 17.4 Å². The van der Waals surface area contributed by atoms with Gasteiger partial charge in [0.1, 0.15) is 0 Å². The van der Waals surface area contributed by atoms with Gasteiger partial charge in [-0.15, -0.1) is 0 Å². The summed E-state index contributed by atoms with van der Waals surface area (Å²) in [6.45, 7) is 8.49. The Labute approximate surface area is 199 Å². The Morgan fingerprint density at radius 1 is 1.06 bits per heavy atom. The molecular weight excluding hydrogens is 434 g/mol. The van der Waals surface area contributed by atoms with E-state index in [2.05, 4.69) is 59.9 Å². The number of imidazole rings is 1. The lowest BCUT2D eigenvalue weighted by Crippen LogP contribution is -2.38. The maximum atomic E-state index is 14.0. The number of likely N-dealkylation sites (tertiary alicyclic amines) is 1. The predicted octanol–water partition coefficient (Wildman–Crippen LogP) is 4.69. The number of hydrogen-bond acceptors (Lipinski definition) is 3. The Kier molecular flexibility index (Phi) is 7.12. The Hall–Kier alpha value is -3.06. The van der Waals surface area contributed by atoms with E-state index in [1.165, 1.54) is 23.3 Å². The fourth-order valence-electron chi connectivity index (χ4n) is 4.40. The van der Waals surface area contributed by atoms with Crippen LogP contribution in [-0.2, 0) is 30.8 Å². The summed E-state index contributed by atoms with van der Waals surface area (Å²) in [7, 11) is 0. The highest BCUT2D eigenvalue weighted by Gasteiger charge is 2.32. The van der Waals surface area contributed by atoms with Crippen LogP contribution >= 0.6 is 0 Å². The van der Waals surface area contributed by atoms with Gasteiger partial charge in [-0.2, -0.15) is 0 Å². The third-order valence-electron chi connectivity index (χ3n) is 6.13. The zero-order valence-electron chi connectivity index (χ0n) is 20.0. The zero-order chi connectivity index (χ0) is 24.3. The normalized spacial score (nSPS) is 16.4. The smallest absolute Gasteiger partial charge is 0.240 e. The van der Waals surface area contributed by atoms with E-state index < -0.39 is 11.6 Å². The summed E-state index contributed by atoms with van der Waals surface area (Å²) in [4.78, 5) is 18.7. The van der Waals surface area contributed by atoms with Crippen molar-refractivity contribution in [3.8, 4) is 0 Å². The van der Waals surface area contributed by atoms with Gasteiger partial charge in [0.05, 0.1) is 18.1 Å². The van der Waals surface area contributed by atoms with Crippen molar-refractivity contribution in [2.24, 2.45) is 5.41 Å². The molecule has 1 aliphatic rings. The minimum absolute atomic E-state index is 0.0732. The van der Waals surface area contributed by atoms with Crippen LogP contribution in [-0.4, -0.2) is 32.9 Å². The van der Waals surface area contributed by atoms with Crippen molar-refractivity contribution in [3.05, 3.63) is 89.0 Å². The van der Waals surface area contributed by atoms with Crippen LogP contribution in [0.3, 0.4) is 0 Å². The number of carbonyl (C=O) groups is 1. The lowest BCUT2D eigenvalue weighted by Gasteiger charge is -2.18. The lowest BCUT2D eigenvalue weighted by molar-refractivity contribution is -0.130. The van der Waals surface area contributed by atoms with Gasteiger partial charge in [-0.25, -0.2) is 13.8 Å². The van der Waals surface area contributed by atoms with E-state index in [9.17, 15) is 13.6 Å². The number of benzene rings is 2. The van der Waals surface area contributed by atoms with Crippen LogP contribution in [0.25, 0.3) is 0 Å². The van der Waals surface area contributed by atoms with Gasteiger partial charge in [0.25, 0.3) is 0 Å². The van der Waals surface area contributed by atoms with Gasteiger partial charge in [0.2, 0.25) is 5.91 Å². The minimum atomic E-state index is -0.893. The monoisotopic (exact) mass is 466 g/mol. The van der Waals surface area contributed by atoms with Crippen LogP contribution in [0.2, 0.25) is 0 Å². The number of nitrogens with zero attached hydrogens (tertiary/aromatic N) is 3. The standard InChI is InChI=1S/C27H32F2N4O/c1-27(2,3)13-19-7-9-20(10-8-19)16-33-18-30-14-22(33)15-31-24-11-12-32(26(24)34)17-21-5-4-6-23(28)25(21)29/h4-10,14,18,24,31H,11-13,15-17H2,1-3H3. The van der Waals surface area contributed by atoms with Crippen molar-refractivity contribution in [1.29, 1.82) is 0 Å². The number of carbonyl (C=O) groups excluding carboxylic acids is 1. The number of halogens is 2. The average molecular weight is 467 g/mol. The van der Waals surface area contributed by atoms with Crippen LogP contribution in [0, 0.1) is 17.0 Å². The number of aromatic nitrogens is 2. The van der Waals surface area contributed by atoms with Crippen molar-refractivity contribution < 1.29 is 13.6 Å². The van der Waals surface area contributed by atoms with E-state index >= 15 is 0 Å². The molecule has 1 saturated heterocycles. The molecule has 1 N–H and O–H groups in total. The van der Waals surface area contributed by atoms with Crippen molar-refractivity contribution >= 4 is 5.91 Å². The van der Waals surface area contributed by atoms with Crippen LogP contribution in [0.15, 0.2) is 55.0 Å². The summed E-state index contributed by atoms with van der Waals surface area (Å²) in [5.74, 6) is -1.87. The highest BCUT2D eigenvalue weighted by Crippen LogP contribution is 2.21. The molecule has 0 radical (unpaired) electrons. The SMILES string of the molecule is CC(C)(C)Cc1ccc(Cn2cncc2CNC2CCN(Cc3cccc(F)c3F)C2=O)cc1. The summed E-state index contributed by atoms with van der Waals surface area (Å²) in [5, 5.41) is 3.32. The van der Waals surface area contributed by atoms with Gasteiger partial charge in [0.15, 0.2) is 11.6 Å². The molecule has 0 saturated carbocycles. The first kappa shape index (κ1) is 24.1. The van der Waals surface area contributed by atoms with Gasteiger partial charge in [0, 0.05) is 37.9 Å². The first-order chi connectivity index (χ1) is 16.2. The van der Waals surface area contributed by atoms with Gasteiger partial charge in [-0.1, -0.05) is 57.2 Å². The van der Waals surface area contributed by atoms with Crippen LogP contribution in [0.4, 0.5) is 8.78 Å².